The standard InChI is InChI=1S/C13H11N3O4/c14-15-13(17)9-2-1-3-12(8-9)20-11-6-4-10(5-7-11)16(18)19/h1-8H,14H2,(H,15,17). The number of nitrogens with two attached hydrogens (primary N) is 1. The fourth-order valence-corrected chi connectivity index (χ4v) is 1.56. The predicted molar refractivity (Wildman–Crippen MR) is 71.3 cm³/mol. The molecule has 0 bridgehead atoms. The first-order valence-electron chi connectivity index (χ1n) is 5.63. The highest BCUT2D eigenvalue weighted by molar-refractivity contribution is 5.94. The van der Waals surface area contributed by atoms with Gasteiger partial charge < -0.3 is 4.74 Å². The minimum atomic E-state index is -0.490. The Kier molecular flexibility index (Phi) is 3.92. The maximum absolute atomic E-state index is 11.4. The van der Waals surface area contributed by atoms with Crippen LogP contribution in [-0.2, 0) is 0 Å². The van der Waals surface area contributed by atoms with Gasteiger partial charge in [0.05, 0.1) is 4.92 Å². The lowest BCUT2D eigenvalue weighted by Gasteiger charge is -2.07. The van der Waals surface area contributed by atoms with Crippen molar-refractivity contribution in [1.82, 2.24) is 5.43 Å². The fraction of sp³-hybridized carbons (Fsp3) is 0. The van der Waals surface area contributed by atoms with Crippen molar-refractivity contribution in [3.05, 3.63) is 64.2 Å². The number of rotatable bonds is 4. The summed E-state index contributed by atoms with van der Waals surface area (Å²) in [5.74, 6) is 5.48. The third kappa shape index (κ3) is 3.09. The third-order valence-corrected chi connectivity index (χ3v) is 2.51. The molecule has 0 atom stereocenters. The molecule has 0 spiro atoms. The zero-order chi connectivity index (χ0) is 14.5. The van der Waals surface area contributed by atoms with E-state index in [1.165, 1.54) is 30.3 Å². The van der Waals surface area contributed by atoms with Crippen LogP contribution in [0.25, 0.3) is 0 Å². The summed E-state index contributed by atoms with van der Waals surface area (Å²) in [5.41, 5.74) is 2.36. The van der Waals surface area contributed by atoms with Gasteiger partial charge in [0.15, 0.2) is 0 Å². The van der Waals surface area contributed by atoms with Gasteiger partial charge in [0.1, 0.15) is 11.5 Å². The topological polar surface area (TPSA) is 107 Å². The van der Waals surface area contributed by atoms with E-state index in [1.807, 2.05) is 5.43 Å². The molecule has 0 radical (unpaired) electrons. The van der Waals surface area contributed by atoms with Gasteiger partial charge in [-0.1, -0.05) is 6.07 Å². The highest BCUT2D eigenvalue weighted by Crippen LogP contribution is 2.24. The Morgan fingerprint density at radius 2 is 1.85 bits per heavy atom. The summed E-state index contributed by atoms with van der Waals surface area (Å²) in [6.45, 7) is 0. The summed E-state index contributed by atoms with van der Waals surface area (Å²) in [5, 5.41) is 10.5. The molecule has 0 aromatic heterocycles. The molecular weight excluding hydrogens is 262 g/mol. The van der Waals surface area contributed by atoms with E-state index in [0.29, 0.717) is 17.1 Å². The Labute approximate surface area is 114 Å². The molecule has 2 aromatic carbocycles. The quantitative estimate of drug-likeness (QED) is 0.383. The summed E-state index contributed by atoms with van der Waals surface area (Å²) in [6.07, 6.45) is 0. The number of nitrogen functional groups attached to an aromatic ring is 1. The second-order valence-corrected chi connectivity index (χ2v) is 3.85. The number of nitro groups is 1. The normalized spacial score (nSPS) is 9.85. The first-order valence-corrected chi connectivity index (χ1v) is 5.63. The Morgan fingerprint density at radius 3 is 2.45 bits per heavy atom. The van der Waals surface area contributed by atoms with Gasteiger partial charge >= 0.3 is 0 Å². The lowest BCUT2D eigenvalue weighted by molar-refractivity contribution is -0.384. The molecule has 0 unspecified atom stereocenters. The minimum absolute atomic E-state index is 0.0198. The number of benzene rings is 2. The highest BCUT2D eigenvalue weighted by atomic mass is 16.6. The van der Waals surface area contributed by atoms with Gasteiger partial charge in [-0.15, -0.1) is 0 Å². The Morgan fingerprint density at radius 1 is 1.15 bits per heavy atom. The molecule has 1 amide bonds. The first-order chi connectivity index (χ1) is 9.60. The van der Waals surface area contributed by atoms with Crippen molar-refractivity contribution < 1.29 is 14.5 Å². The summed E-state index contributed by atoms with van der Waals surface area (Å²) in [4.78, 5) is 21.4. The van der Waals surface area contributed by atoms with Gasteiger partial charge in [0.25, 0.3) is 11.6 Å². The number of hydrogen-bond donors (Lipinski definition) is 2. The molecule has 0 aliphatic carbocycles. The lowest BCUT2D eigenvalue weighted by Crippen LogP contribution is -2.29. The molecule has 0 saturated carbocycles. The third-order valence-electron chi connectivity index (χ3n) is 2.51. The Hall–Kier alpha value is -2.93. The van der Waals surface area contributed by atoms with Crippen LogP contribution >= 0.6 is 0 Å². The van der Waals surface area contributed by atoms with Gasteiger partial charge in [-0.2, -0.15) is 0 Å². The fourth-order valence-electron chi connectivity index (χ4n) is 1.56. The number of nitrogens with one attached hydrogen (secondary N) is 1. The summed E-state index contributed by atoms with van der Waals surface area (Å²) in [6, 6.07) is 12.0. The van der Waals surface area contributed by atoms with Crippen molar-refractivity contribution in [2.45, 2.75) is 0 Å². The van der Waals surface area contributed by atoms with Crippen LogP contribution in [-0.4, -0.2) is 10.8 Å². The number of nitrogens with zero attached hydrogens (tertiary/aromatic N) is 1. The van der Waals surface area contributed by atoms with Crippen LogP contribution in [0.2, 0.25) is 0 Å². The van der Waals surface area contributed by atoms with Crippen LogP contribution in [0, 0.1) is 10.1 Å². The highest BCUT2D eigenvalue weighted by Gasteiger charge is 2.07. The number of non-ortho nitro benzene ring substituents is 1. The molecule has 20 heavy (non-hydrogen) atoms. The summed E-state index contributed by atoms with van der Waals surface area (Å²) >= 11 is 0. The largest absolute Gasteiger partial charge is 0.457 e. The van der Waals surface area contributed by atoms with Crippen molar-refractivity contribution in [1.29, 1.82) is 0 Å². The van der Waals surface area contributed by atoms with E-state index in [0.717, 1.165) is 0 Å². The van der Waals surface area contributed by atoms with E-state index in [2.05, 4.69) is 0 Å². The van der Waals surface area contributed by atoms with Gasteiger partial charge in [0, 0.05) is 17.7 Å². The van der Waals surface area contributed by atoms with Gasteiger partial charge in [-0.25, -0.2) is 5.84 Å². The number of hydrogen-bond acceptors (Lipinski definition) is 5. The van der Waals surface area contributed by atoms with Crippen LogP contribution in [0.1, 0.15) is 10.4 Å². The first kappa shape index (κ1) is 13.5. The van der Waals surface area contributed by atoms with Crippen molar-refractivity contribution in [3.63, 3.8) is 0 Å². The maximum Gasteiger partial charge on any atom is 0.269 e. The summed E-state index contributed by atoms with van der Waals surface area (Å²) < 4.78 is 5.50. The molecule has 0 heterocycles. The second-order valence-electron chi connectivity index (χ2n) is 3.85. The van der Waals surface area contributed by atoms with Crippen molar-refractivity contribution >= 4 is 11.6 Å². The zero-order valence-electron chi connectivity index (χ0n) is 10.3. The molecule has 7 nitrogen and oxygen atoms in total. The number of nitro benzene ring substituents is 1. The molecule has 3 N–H and O–H groups in total. The number of ether oxygens (including phenoxy) is 1. The van der Waals surface area contributed by atoms with E-state index < -0.39 is 10.8 Å². The molecule has 2 rings (SSSR count). The van der Waals surface area contributed by atoms with E-state index >= 15 is 0 Å². The molecule has 0 fully saturated rings. The van der Waals surface area contributed by atoms with Gasteiger partial charge in [-0.05, 0) is 30.3 Å². The van der Waals surface area contributed by atoms with Crippen molar-refractivity contribution in [2.24, 2.45) is 5.84 Å². The lowest BCUT2D eigenvalue weighted by atomic mass is 10.2. The maximum atomic E-state index is 11.4. The monoisotopic (exact) mass is 273 g/mol. The van der Waals surface area contributed by atoms with E-state index in [-0.39, 0.29) is 5.69 Å². The SMILES string of the molecule is NNC(=O)c1cccc(Oc2ccc([N+](=O)[O-])cc2)c1. The average molecular weight is 273 g/mol. The van der Waals surface area contributed by atoms with Crippen LogP contribution < -0.4 is 16.0 Å². The zero-order valence-corrected chi connectivity index (χ0v) is 10.3. The number of carbonyl (C=O) groups is 1. The molecular formula is C13H11N3O4. The molecule has 102 valence electrons. The molecule has 0 aliphatic heterocycles. The molecule has 0 aliphatic rings. The Balaban J connectivity index is 2.17. The van der Waals surface area contributed by atoms with Crippen LogP contribution in [0.15, 0.2) is 48.5 Å². The average Bonchev–Trinajstić information content (AvgIpc) is 2.47. The number of amides is 1. The predicted octanol–water partition coefficient (Wildman–Crippen LogP) is 1.99. The van der Waals surface area contributed by atoms with Crippen LogP contribution in [0.3, 0.4) is 0 Å². The van der Waals surface area contributed by atoms with Gasteiger partial charge in [0.2, 0.25) is 0 Å². The van der Waals surface area contributed by atoms with Crippen LogP contribution in [0.5, 0.6) is 11.5 Å². The van der Waals surface area contributed by atoms with Gasteiger partial charge in [-0.3, -0.25) is 20.3 Å². The minimum Gasteiger partial charge on any atom is -0.457 e. The Bertz CT molecular complexity index is 640. The molecule has 2 aromatic rings. The molecule has 0 saturated heterocycles. The van der Waals surface area contributed by atoms with E-state index in [4.69, 9.17) is 10.6 Å². The smallest absolute Gasteiger partial charge is 0.269 e. The van der Waals surface area contributed by atoms with E-state index in [9.17, 15) is 14.9 Å². The molecule has 7 heteroatoms. The van der Waals surface area contributed by atoms with E-state index in [1.54, 1.807) is 18.2 Å². The van der Waals surface area contributed by atoms with Crippen molar-refractivity contribution in [3.8, 4) is 11.5 Å². The van der Waals surface area contributed by atoms with Crippen LogP contribution in [0.4, 0.5) is 5.69 Å². The second kappa shape index (κ2) is 5.81. The number of hydrazine groups is 1. The number of carbonyl (C=O) groups excluding carboxylic acids is 1. The van der Waals surface area contributed by atoms with Crippen molar-refractivity contribution in [2.75, 3.05) is 0 Å². The summed E-state index contributed by atoms with van der Waals surface area (Å²) in [7, 11) is 0.